The number of hydrogen-bond acceptors (Lipinski definition) is 2. The van der Waals surface area contributed by atoms with Crippen LogP contribution >= 0.6 is 0 Å². The minimum absolute atomic E-state index is 0.0874. The Labute approximate surface area is 104 Å². The van der Waals surface area contributed by atoms with Crippen LogP contribution in [-0.4, -0.2) is 11.2 Å². The van der Waals surface area contributed by atoms with Gasteiger partial charge in [-0.05, 0) is 23.0 Å². The van der Waals surface area contributed by atoms with Gasteiger partial charge in [0.15, 0.2) is 0 Å². The normalized spacial score (nSPS) is 14.7. The highest BCUT2D eigenvalue weighted by Crippen LogP contribution is 2.25. The van der Waals surface area contributed by atoms with Crippen LogP contribution in [-0.2, 0) is 0 Å². The van der Waals surface area contributed by atoms with E-state index in [9.17, 15) is 5.11 Å². The van der Waals surface area contributed by atoms with Gasteiger partial charge >= 0.3 is 0 Å². The predicted molar refractivity (Wildman–Crippen MR) is 69.7 cm³/mol. The molecule has 92 valence electrons. The molecule has 2 heteroatoms. The molecule has 0 aliphatic rings. The molecule has 0 saturated carbocycles. The summed E-state index contributed by atoms with van der Waals surface area (Å²) >= 11 is 0. The van der Waals surface area contributed by atoms with Crippen molar-refractivity contribution in [2.75, 3.05) is 0 Å². The quantitative estimate of drug-likeness (QED) is 0.862. The zero-order valence-electron chi connectivity index (χ0n) is 11.0. The summed E-state index contributed by atoms with van der Waals surface area (Å²) in [5.74, 6) is 0.139. The van der Waals surface area contributed by atoms with Crippen LogP contribution in [0.4, 0.5) is 0 Å². The number of hydrogen-bond donors (Lipinski definition) is 1. The molecule has 0 heterocycles. The fourth-order valence-electron chi connectivity index (χ4n) is 1.82. The second-order valence-corrected chi connectivity index (χ2v) is 5.16. The van der Waals surface area contributed by atoms with Gasteiger partial charge in [-0.2, -0.15) is 5.26 Å². The van der Waals surface area contributed by atoms with Crippen LogP contribution in [0, 0.1) is 17.2 Å². The molecule has 1 rings (SSSR count). The molecule has 0 aliphatic heterocycles. The Hall–Kier alpha value is -1.33. The van der Waals surface area contributed by atoms with Crippen LogP contribution in [0.2, 0.25) is 0 Å². The summed E-state index contributed by atoms with van der Waals surface area (Å²) in [5.41, 5.74) is 2.16. The first-order valence-electron chi connectivity index (χ1n) is 6.15. The maximum Gasteiger partial charge on any atom is 0.0974 e. The van der Waals surface area contributed by atoms with Gasteiger partial charge in [-0.25, -0.2) is 0 Å². The zero-order chi connectivity index (χ0) is 13.0. The van der Waals surface area contributed by atoms with Crippen molar-refractivity contribution in [3.63, 3.8) is 0 Å². The molecule has 0 saturated heterocycles. The van der Waals surface area contributed by atoms with E-state index in [1.807, 2.05) is 38.1 Å². The SMILES string of the molecule is CC(C)c1ccc(C(C#N)C(O)C(C)C)cc1. The number of rotatable bonds is 4. The standard InChI is InChI=1S/C15H21NO/c1-10(2)12-5-7-13(8-6-12)14(9-16)15(17)11(3)4/h5-8,10-11,14-15,17H,1-4H3. The van der Waals surface area contributed by atoms with Crippen LogP contribution in [0.15, 0.2) is 24.3 Å². The molecule has 2 unspecified atom stereocenters. The molecule has 2 nitrogen and oxygen atoms in total. The molecule has 0 aromatic heterocycles. The Morgan fingerprint density at radius 2 is 1.47 bits per heavy atom. The lowest BCUT2D eigenvalue weighted by Gasteiger charge is -2.20. The molecular formula is C15H21NO. The van der Waals surface area contributed by atoms with Gasteiger partial charge in [0.1, 0.15) is 0 Å². The van der Waals surface area contributed by atoms with E-state index in [0.717, 1.165) is 5.56 Å². The van der Waals surface area contributed by atoms with Crippen molar-refractivity contribution in [3.8, 4) is 6.07 Å². The van der Waals surface area contributed by atoms with Crippen LogP contribution in [0.25, 0.3) is 0 Å². The summed E-state index contributed by atoms with van der Waals surface area (Å²) in [4.78, 5) is 0. The van der Waals surface area contributed by atoms with Gasteiger partial charge < -0.3 is 5.11 Å². The lowest BCUT2D eigenvalue weighted by atomic mass is 9.87. The van der Waals surface area contributed by atoms with E-state index in [1.165, 1.54) is 5.56 Å². The largest absolute Gasteiger partial charge is 0.391 e. The van der Waals surface area contributed by atoms with E-state index >= 15 is 0 Å². The molecule has 2 atom stereocenters. The average Bonchev–Trinajstić information content (AvgIpc) is 2.30. The van der Waals surface area contributed by atoms with Gasteiger partial charge in [0.25, 0.3) is 0 Å². The predicted octanol–water partition coefficient (Wildman–Crippen LogP) is 3.43. The summed E-state index contributed by atoms with van der Waals surface area (Å²) in [7, 11) is 0. The molecule has 1 aromatic carbocycles. The molecule has 1 N–H and O–H groups in total. The first-order valence-corrected chi connectivity index (χ1v) is 6.15. The van der Waals surface area contributed by atoms with E-state index in [4.69, 9.17) is 5.26 Å². The first-order chi connectivity index (χ1) is 7.97. The molecular weight excluding hydrogens is 210 g/mol. The molecule has 0 spiro atoms. The second-order valence-electron chi connectivity index (χ2n) is 5.16. The maximum absolute atomic E-state index is 10.00. The van der Waals surface area contributed by atoms with E-state index in [1.54, 1.807) is 0 Å². The minimum atomic E-state index is -0.607. The smallest absolute Gasteiger partial charge is 0.0974 e. The number of aliphatic hydroxyl groups is 1. The van der Waals surface area contributed by atoms with Gasteiger partial charge in [0.2, 0.25) is 0 Å². The summed E-state index contributed by atoms with van der Waals surface area (Å²) < 4.78 is 0. The molecule has 1 aromatic rings. The first kappa shape index (κ1) is 13.7. The van der Waals surface area contributed by atoms with Crippen LogP contribution in [0.3, 0.4) is 0 Å². The highest BCUT2D eigenvalue weighted by Gasteiger charge is 2.23. The lowest BCUT2D eigenvalue weighted by Crippen LogP contribution is -2.23. The molecule has 0 amide bonds. The third-order valence-corrected chi connectivity index (χ3v) is 3.13. The van der Waals surface area contributed by atoms with Crippen molar-refractivity contribution in [2.45, 2.75) is 45.6 Å². The van der Waals surface area contributed by atoms with Crippen molar-refractivity contribution in [1.29, 1.82) is 5.26 Å². The lowest BCUT2D eigenvalue weighted by molar-refractivity contribution is 0.113. The van der Waals surface area contributed by atoms with E-state index in [2.05, 4.69) is 19.9 Å². The van der Waals surface area contributed by atoms with Crippen molar-refractivity contribution in [1.82, 2.24) is 0 Å². The molecule has 0 radical (unpaired) electrons. The second kappa shape index (κ2) is 5.84. The van der Waals surface area contributed by atoms with E-state index in [-0.39, 0.29) is 5.92 Å². The third-order valence-electron chi connectivity index (χ3n) is 3.13. The molecule has 0 fully saturated rings. The summed E-state index contributed by atoms with van der Waals surface area (Å²) in [5, 5.41) is 19.2. The van der Waals surface area contributed by atoms with E-state index in [0.29, 0.717) is 5.92 Å². The summed E-state index contributed by atoms with van der Waals surface area (Å²) in [6.07, 6.45) is -0.607. The summed E-state index contributed by atoms with van der Waals surface area (Å²) in [6, 6.07) is 10.2. The summed E-state index contributed by atoms with van der Waals surface area (Å²) in [6.45, 7) is 8.13. The monoisotopic (exact) mass is 231 g/mol. The Balaban J connectivity index is 2.95. The Morgan fingerprint density at radius 1 is 1.00 bits per heavy atom. The Bertz CT molecular complexity index is 386. The van der Waals surface area contributed by atoms with Gasteiger partial charge in [-0.3, -0.25) is 0 Å². The van der Waals surface area contributed by atoms with Crippen LogP contribution in [0.1, 0.15) is 50.7 Å². The number of nitriles is 1. The maximum atomic E-state index is 10.00. The van der Waals surface area contributed by atoms with Gasteiger partial charge in [-0.1, -0.05) is 52.0 Å². The van der Waals surface area contributed by atoms with Gasteiger partial charge in [0, 0.05) is 0 Å². The van der Waals surface area contributed by atoms with Crippen LogP contribution < -0.4 is 0 Å². The van der Waals surface area contributed by atoms with Crippen molar-refractivity contribution < 1.29 is 5.11 Å². The number of nitrogens with zero attached hydrogens (tertiary/aromatic N) is 1. The third kappa shape index (κ3) is 3.31. The fourth-order valence-corrected chi connectivity index (χ4v) is 1.82. The molecule has 17 heavy (non-hydrogen) atoms. The zero-order valence-corrected chi connectivity index (χ0v) is 11.0. The van der Waals surface area contributed by atoms with Crippen LogP contribution in [0.5, 0.6) is 0 Å². The highest BCUT2D eigenvalue weighted by atomic mass is 16.3. The van der Waals surface area contributed by atoms with Crippen molar-refractivity contribution >= 4 is 0 Å². The molecule has 0 bridgehead atoms. The van der Waals surface area contributed by atoms with Gasteiger partial charge in [-0.15, -0.1) is 0 Å². The Kier molecular flexibility index (Phi) is 4.72. The average molecular weight is 231 g/mol. The fraction of sp³-hybridized carbons (Fsp3) is 0.533. The highest BCUT2D eigenvalue weighted by molar-refractivity contribution is 5.31. The number of benzene rings is 1. The molecule has 0 aliphatic carbocycles. The van der Waals surface area contributed by atoms with Crippen molar-refractivity contribution in [3.05, 3.63) is 35.4 Å². The number of aliphatic hydroxyl groups excluding tert-OH is 1. The van der Waals surface area contributed by atoms with E-state index < -0.39 is 12.0 Å². The minimum Gasteiger partial charge on any atom is -0.391 e. The van der Waals surface area contributed by atoms with Gasteiger partial charge in [0.05, 0.1) is 18.1 Å². The van der Waals surface area contributed by atoms with Crippen molar-refractivity contribution in [2.24, 2.45) is 5.92 Å². The topological polar surface area (TPSA) is 44.0 Å². The Morgan fingerprint density at radius 3 is 1.82 bits per heavy atom.